The number of aryl methyl sites for hydroxylation is 1. The first-order valence-electron chi connectivity index (χ1n) is 40.0. The zero-order chi connectivity index (χ0) is 73.4. The zero-order valence-electron chi connectivity index (χ0n) is 62.1. The van der Waals surface area contributed by atoms with Crippen molar-refractivity contribution in [2.24, 2.45) is 35.5 Å². The van der Waals surface area contributed by atoms with Crippen LogP contribution < -0.4 is 53.2 Å². The van der Waals surface area contributed by atoms with Crippen LogP contribution in [-0.4, -0.2) is 142 Å². The third-order valence-corrected chi connectivity index (χ3v) is 21.8. The van der Waals surface area contributed by atoms with Gasteiger partial charge in [-0.2, -0.15) is 0 Å². The Labute approximate surface area is 611 Å². The van der Waals surface area contributed by atoms with E-state index in [0.29, 0.717) is 121 Å². The molecule has 7 rings (SSSR count). The number of unbranched alkanes of at least 4 members (excludes halogenated alkanes) is 5. The number of carbonyl (C=O) groups excluding carboxylic acids is 11. The van der Waals surface area contributed by atoms with E-state index in [9.17, 15) is 38.4 Å². The Balaban J connectivity index is 1.12. The Morgan fingerprint density at radius 2 is 0.660 bits per heavy atom. The monoisotopic (exact) mass is 1430 g/mol. The van der Waals surface area contributed by atoms with Crippen LogP contribution in [0, 0.1) is 42.4 Å². The molecule has 0 bridgehead atoms. The molecule has 5 unspecified atom stereocenters. The molecule has 5 aliphatic carbocycles. The van der Waals surface area contributed by atoms with E-state index in [1.54, 1.807) is 19.1 Å². The molecule has 0 aliphatic heterocycles. The highest BCUT2D eigenvalue weighted by atomic mass is 16.2. The van der Waals surface area contributed by atoms with Crippen LogP contribution in [0.25, 0.3) is 11.4 Å². The summed E-state index contributed by atoms with van der Waals surface area (Å²) in [6.07, 6.45) is 29.1. The largest absolute Gasteiger partial charge is 0.356 e. The molecule has 5 fully saturated rings. The van der Waals surface area contributed by atoms with Crippen molar-refractivity contribution in [3.8, 4) is 11.4 Å². The predicted molar refractivity (Wildman–Crippen MR) is 393 cm³/mol. The van der Waals surface area contributed by atoms with Crippen molar-refractivity contribution in [2.45, 2.75) is 308 Å². The molecule has 5 atom stereocenters. The van der Waals surface area contributed by atoms with E-state index in [1.807, 2.05) is 12.1 Å². The number of nitrogens with zero attached hydrogens (tertiary/aromatic N) is 4. The van der Waals surface area contributed by atoms with Gasteiger partial charge in [0.05, 0.1) is 0 Å². The number of amides is 10. The summed E-state index contributed by atoms with van der Waals surface area (Å²) in [7, 11) is 0. The summed E-state index contributed by atoms with van der Waals surface area (Å²) in [6, 6.07) is 2.46. The van der Waals surface area contributed by atoms with Crippen LogP contribution in [0.1, 0.15) is 282 Å². The third-order valence-electron chi connectivity index (χ3n) is 21.8. The zero-order valence-corrected chi connectivity index (χ0v) is 62.1. The van der Waals surface area contributed by atoms with Gasteiger partial charge in [0.15, 0.2) is 5.82 Å². The van der Waals surface area contributed by atoms with Gasteiger partial charge < -0.3 is 53.2 Å². The Morgan fingerprint density at radius 1 is 0.350 bits per heavy atom. The number of rotatable bonds is 44. The fraction of sp³-hybridized carbons (Fsp3) is 0.756. The van der Waals surface area contributed by atoms with Crippen molar-refractivity contribution in [1.29, 1.82) is 0 Å². The second kappa shape index (κ2) is 47.1. The van der Waals surface area contributed by atoms with E-state index < -0.39 is 59.6 Å². The quantitative estimate of drug-likeness (QED) is 0.0277. The van der Waals surface area contributed by atoms with Gasteiger partial charge in [-0.1, -0.05) is 127 Å². The second-order valence-electron chi connectivity index (χ2n) is 30.1. The van der Waals surface area contributed by atoms with Gasteiger partial charge in [-0.25, -0.2) is 0 Å². The molecule has 10 N–H and O–H groups in total. The molecule has 0 saturated heterocycles. The van der Waals surface area contributed by atoms with Crippen LogP contribution in [0.2, 0.25) is 0 Å². The first-order chi connectivity index (χ1) is 50.0. The molecule has 0 spiro atoms. The summed E-state index contributed by atoms with van der Waals surface area (Å²) in [5.41, 5.74) is 1.43. The Hall–Kier alpha value is -7.47. The van der Waals surface area contributed by atoms with Crippen LogP contribution >= 0.6 is 0 Å². The van der Waals surface area contributed by atoms with Gasteiger partial charge in [0.25, 0.3) is 0 Å². The third kappa shape index (κ3) is 31.0. The van der Waals surface area contributed by atoms with Crippen LogP contribution in [0.3, 0.4) is 0 Å². The van der Waals surface area contributed by atoms with E-state index in [0.717, 1.165) is 166 Å². The molecule has 572 valence electrons. The van der Waals surface area contributed by atoms with Gasteiger partial charge in [-0.15, -0.1) is 20.4 Å². The Bertz CT molecular complexity index is 2960. The van der Waals surface area contributed by atoms with Gasteiger partial charge in [0.1, 0.15) is 30.0 Å². The molecule has 1 aromatic carbocycles. The van der Waals surface area contributed by atoms with Crippen molar-refractivity contribution in [3.05, 3.63) is 35.7 Å². The highest BCUT2D eigenvalue weighted by Gasteiger charge is 2.35. The highest BCUT2D eigenvalue weighted by molar-refractivity contribution is 5.96. The molecule has 25 nitrogen and oxygen atoms in total. The van der Waals surface area contributed by atoms with Crippen LogP contribution in [0.4, 0.5) is 0 Å². The Kier molecular flexibility index (Phi) is 37.9. The topological polar surface area (TPSA) is 360 Å². The molecule has 0 radical (unpaired) electrons. The van der Waals surface area contributed by atoms with E-state index in [-0.39, 0.29) is 104 Å². The van der Waals surface area contributed by atoms with Gasteiger partial charge >= 0.3 is 0 Å². The SMILES string of the molecule is CC(=O)NCCCCC(CC(=O)C1CCCCC1)C(=O)NC(CCCCNC(=O)C1CCCCC1)C(=O)NC(CCCCNC(=O)C1CCCCC1)C(=O)NC(CCCCNC(=O)C1CCCCC1)C(=O)NC(CCCCNC(=O)C1CCCCC1)C(=O)NCc1ccc(-c2nnc(C)nn2)cc1. The van der Waals surface area contributed by atoms with Gasteiger partial charge in [0, 0.05) is 93.7 Å². The molecule has 10 amide bonds. The van der Waals surface area contributed by atoms with E-state index in [4.69, 9.17) is 0 Å². The normalized spacial score (nSPS) is 17.9. The molecule has 5 saturated carbocycles. The maximum atomic E-state index is 15.3. The number of aromatic nitrogens is 4. The highest BCUT2D eigenvalue weighted by Crippen LogP contribution is 2.30. The smallest absolute Gasteiger partial charge is 0.243 e. The lowest BCUT2D eigenvalue weighted by molar-refractivity contribution is -0.136. The molecule has 1 aromatic heterocycles. The minimum atomic E-state index is -1.27. The number of nitrogens with one attached hydrogen (secondary N) is 10. The molecular weight excluding hydrogens is 1310 g/mol. The molecule has 1 heterocycles. The summed E-state index contributed by atoms with van der Waals surface area (Å²) in [4.78, 5) is 154. The maximum Gasteiger partial charge on any atom is 0.243 e. The average molecular weight is 1430 g/mol. The first-order valence-corrected chi connectivity index (χ1v) is 40.0. The molecule has 25 heteroatoms. The average Bonchev–Trinajstić information content (AvgIpc) is 0.877. The summed E-state index contributed by atoms with van der Waals surface area (Å²) in [5.74, 6) is -3.38. The van der Waals surface area contributed by atoms with E-state index in [1.165, 1.54) is 6.92 Å². The molecule has 2 aromatic rings. The lowest BCUT2D eigenvalue weighted by Crippen LogP contribution is -2.58. The van der Waals surface area contributed by atoms with E-state index >= 15 is 14.4 Å². The van der Waals surface area contributed by atoms with Gasteiger partial charge in [0.2, 0.25) is 64.9 Å². The van der Waals surface area contributed by atoms with Crippen molar-refractivity contribution >= 4 is 64.9 Å². The van der Waals surface area contributed by atoms with Gasteiger partial charge in [-0.3, -0.25) is 52.7 Å². The number of Topliss-reactive ketones (excluding diaryl/α,β-unsaturated/α-hetero) is 1. The lowest BCUT2D eigenvalue weighted by Gasteiger charge is -2.28. The maximum absolute atomic E-state index is 15.3. The van der Waals surface area contributed by atoms with Crippen molar-refractivity contribution < 1.29 is 52.7 Å². The fourth-order valence-electron chi connectivity index (χ4n) is 15.4. The first kappa shape index (κ1) is 82.8. The molecular formula is C78H124N14O11. The number of ketones is 1. The van der Waals surface area contributed by atoms with Gasteiger partial charge in [-0.05, 0) is 167 Å². The summed E-state index contributed by atoms with van der Waals surface area (Å²) in [6.45, 7) is 5.06. The summed E-state index contributed by atoms with van der Waals surface area (Å²) < 4.78 is 0. The molecule has 5 aliphatic rings. The van der Waals surface area contributed by atoms with Crippen molar-refractivity contribution in [3.63, 3.8) is 0 Å². The number of carbonyl (C=O) groups is 11. The summed E-state index contributed by atoms with van der Waals surface area (Å²) >= 11 is 0. The van der Waals surface area contributed by atoms with Crippen LogP contribution in [0.5, 0.6) is 0 Å². The minimum Gasteiger partial charge on any atom is -0.356 e. The summed E-state index contributed by atoms with van der Waals surface area (Å²) in [5, 5.41) is 46.5. The van der Waals surface area contributed by atoms with Crippen LogP contribution in [0.15, 0.2) is 24.3 Å². The number of hydrogen-bond donors (Lipinski definition) is 10. The van der Waals surface area contributed by atoms with Crippen molar-refractivity contribution in [1.82, 2.24) is 73.6 Å². The fourth-order valence-corrected chi connectivity index (χ4v) is 15.4. The Morgan fingerprint density at radius 3 is 1.01 bits per heavy atom. The number of hydrogen-bond acceptors (Lipinski definition) is 15. The molecule has 103 heavy (non-hydrogen) atoms. The van der Waals surface area contributed by atoms with E-state index in [2.05, 4.69) is 73.6 Å². The second-order valence-corrected chi connectivity index (χ2v) is 30.1. The lowest BCUT2D eigenvalue weighted by atomic mass is 9.82. The minimum absolute atomic E-state index is 0.000687. The predicted octanol–water partition coefficient (Wildman–Crippen LogP) is 8.73. The standard InChI is InChI=1S/C78H124N14O11/c1-54-89-91-69(92-90-54)58-45-43-56(44-46-58)53-84-75(100)64(39-19-24-48-80-70(95)59-30-10-4-11-31-59)86-77(102)66(41-21-26-50-82-72(97)61-34-14-6-15-35-61)88-78(103)67(42-22-27-51-83-73(98)62-36-16-7-17-37-62)87-76(101)65(40-20-25-49-81-71(96)60-32-12-5-13-33-60)85-74(99)63(38-18-23-47-79-55(2)93)52-68(94)57-28-8-3-9-29-57/h43-46,57,59-67H,3-42,47-53H2,1-2H3,(H,79,93)(H,80,95)(H,81,96)(H,82,97)(H,83,98)(H,84,100)(H,85,99)(H,86,102)(H,87,101)(H,88,103). The van der Waals surface area contributed by atoms with Crippen molar-refractivity contribution in [2.75, 3.05) is 32.7 Å². The number of benzene rings is 1. The van der Waals surface area contributed by atoms with Crippen LogP contribution in [-0.2, 0) is 59.3 Å².